The zero-order chi connectivity index (χ0) is 21.7. The minimum Gasteiger partial charge on any atom is -0.355 e. The number of halogens is 4. The second-order valence-corrected chi connectivity index (χ2v) is 7.55. The smallest absolute Gasteiger partial charge is 0.355 e. The van der Waals surface area contributed by atoms with Crippen molar-refractivity contribution in [3.8, 4) is 0 Å². The molecule has 3 rings (SSSR count). The van der Waals surface area contributed by atoms with E-state index in [0.717, 1.165) is 24.1 Å². The van der Waals surface area contributed by atoms with Crippen LogP contribution in [0.2, 0.25) is 0 Å². The lowest BCUT2D eigenvalue weighted by atomic mass is 9.95. The predicted molar refractivity (Wildman–Crippen MR) is 111 cm³/mol. The molecule has 0 radical (unpaired) electrons. The van der Waals surface area contributed by atoms with Gasteiger partial charge in [-0.3, -0.25) is 4.90 Å². The van der Waals surface area contributed by atoms with E-state index >= 15 is 0 Å². The SMILES string of the molecule is Cc1cc(Nc2ccc(F)cc2)c(C=N)cc1C1CNCCCN1CCC(F)(F)F. The summed E-state index contributed by atoms with van der Waals surface area (Å²) in [6, 6.07) is 9.49. The van der Waals surface area contributed by atoms with Crippen molar-refractivity contribution in [3.63, 3.8) is 0 Å². The topological polar surface area (TPSA) is 51.2 Å². The standard InChI is InChI=1S/C22H26F4N4/c1-15-11-20(29-18-5-3-17(23)4-6-18)16(13-27)12-19(15)21-14-28-8-2-9-30(21)10-7-22(24,25)26/h3-6,11-13,21,27-29H,2,7-10,14H2,1H3. The number of hydrogen-bond donors (Lipinski definition) is 3. The first kappa shape index (κ1) is 22.2. The van der Waals surface area contributed by atoms with E-state index in [4.69, 9.17) is 5.41 Å². The van der Waals surface area contributed by atoms with Crippen molar-refractivity contribution in [2.45, 2.75) is 32.0 Å². The average molecular weight is 422 g/mol. The van der Waals surface area contributed by atoms with E-state index in [1.165, 1.54) is 18.3 Å². The molecule has 0 spiro atoms. The summed E-state index contributed by atoms with van der Waals surface area (Å²) < 4.78 is 51.6. The van der Waals surface area contributed by atoms with Crippen LogP contribution in [0.15, 0.2) is 36.4 Å². The van der Waals surface area contributed by atoms with E-state index < -0.39 is 12.6 Å². The Kier molecular flexibility index (Phi) is 7.10. The first-order chi connectivity index (χ1) is 14.3. The minimum absolute atomic E-state index is 0.0508. The molecule has 1 heterocycles. The van der Waals surface area contributed by atoms with Crippen molar-refractivity contribution in [1.82, 2.24) is 10.2 Å². The quantitative estimate of drug-likeness (QED) is 0.445. The Bertz CT molecular complexity index is 865. The van der Waals surface area contributed by atoms with Crippen LogP contribution in [0.4, 0.5) is 28.9 Å². The number of benzene rings is 2. The lowest BCUT2D eigenvalue weighted by Crippen LogP contribution is -2.35. The highest BCUT2D eigenvalue weighted by Gasteiger charge is 2.31. The summed E-state index contributed by atoms with van der Waals surface area (Å²) in [7, 11) is 0. The third-order valence-corrected chi connectivity index (χ3v) is 5.34. The highest BCUT2D eigenvalue weighted by Crippen LogP contribution is 2.32. The van der Waals surface area contributed by atoms with Gasteiger partial charge >= 0.3 is 6.18 Å². The van der Waals surface area contributed by atoms with Gasteiger partial charge in [0.05, 0.1) is 6.42 Å². The van der Waals surface area contributed by atoms with Crippen molar-refractivity contribution in [1.29, 1.82) is 5.41 Å². The molecular weight excluding hydrogens is 396 g/mol. The molecular formula is C22H26F4N4. The third-order valence-electron chi connectivity index (χ3n) is 5.34. The van der Waals surface area contributed by atoms with Crippen molar-refractivity contribution < 1.29 is 17.6 Å². The van der Waals surface area contributed by atoms with Gasteiger partial charge in [0, 0.05) is 48.8 Å². The van der Waals surface area contributed by atoms with Gasteiger partial charge in [-0.15, -0.1) is 0 Å². The van der Waals surface area contributed by atoms with Crippen LogP contribution >= 0.6 is 0 Å². The number of rotatable bonds is 6. The van der Waals surface area contributed by atoms with Crippen molar-refractivity contribution >= 4 is 17.6 Å². The van der Waals surface area contributed by atoms with E-state index in [9.17, 15) is 17.6 Å². The molecule has 0 aliphatic carbocycles. The third kappa shape index (κ3) is 5.79. The molecule has 0 saturated carbocycles. The number of aryl methyl sites for hydroxylation is 1. The molecule has 1 saturated heterocycles. The number of anilines is 2. The normalized spacial score (nSPS) is 18.1. The Labute approximate surface area is 173 Å². The number of nitrogens with zero attached hydrogens (tertiary/aromatic N) is 1. The van der Waals surface area contributed by atoms with Crippen molar-refractivity contribution in [3.05, 3.63) is 58.9 Å². The van der Waals surface area contributed by atoms with Gasteiger partial charge in [0.2, 0.25) is 0 Å². The Morgan fingerprint density at radius 1 is 1.23 bits per heavy atom. The summed E-state index contributed by atoms with van der Waals surface area (Å²) in [6.07, 6.45) is -3.03. The fourth-order valence-electron chi connectivity index (χ4n) is 3.79. The predicted octanol–water partition coefficient (Wildman–Crippen LogP) is 5.16. The second kappa shape index (κ2) is 9.57. The first-order valence-corrected chi connectivity index (χ1v) is 9.96. The van der Waals surface area contributed by atoms with Crippen LogP contribution in [-0.4, -0.2) is 43.5 Å². The molecule has 2 aromatic carbocycles. The van der Waals surface area contributed by atoms with E-state index in [1.807, 2.05) is 24.0 Å². The van der Waals surface area contributed by atoms with Crippen LogP contribution in [0, 0.1) is 18.2 Å². The van der Waals surface area contributed by atoms with E-state index in [1.54, 1.807) is 12.1 Å². The van der Waals surface area contributed by atoms with Crippen LogP contribution in [0.5, 0.6) is 0 Å². The molecule has 0 aromatic heterocycles. The number of nitrogens with one attached hydrogen (secondary N) is 3. The summed E-state index contributed by atoms with van der Waals surface area (Å²) in [6.45, 7) is 3.78. The maximum atomic E-state index is 13.2. The van der Waals surface area contributed by atoms with E-state index in [2.05, 4.69) is 10.6 Å². The zero-order valence-corrected chi connectivity index (χ0v) is 16.8. The average Bonchev–Trinajstić information content (AvgIpc) is 2.93. The van der Waals surface area contributed by atoms with Gasteiger partial charge in [-0.1, -0.05) is 0 Å². The number of alkyl halides is 3. The Morgan fingerprint density at radius 3 is 2.63 bits per heavy atom. The molecule has 1 aliphatic heterocycles. The van der Waals surface area contributed by atoms with Gasteiger partial charge in [0.1, 0.15) is 5.82 Å². The molecule has 4 nitrogen and oxygen atoms in total. The first-order valence-electron chi connectivity index (χ1n) is 9.96. The van der Waals surface area contributed by atoms with Crippen LogP contribution in [0.1, 0.15) is 35.6 Å². The molecule has 1 fully saturated rings. The molecule has 1 aliphatic rings. The van der Waals surface area contributed by atoms with Crippen LogP contribution in [0.3, 0.4) is 0 Å². The highest BCUT2D eigenvalue weighted by molar-refractivity contribution is 5.88. The molecule has 0 bridgehead atoms. The van der Waals surface area contributed by atoms with Crippen LogP contribution in [0.25, 0.3) is 0 Å². The maximum absolute atomic E-state index is 13.2. The molecule has 0 amide bonds. The van der Waals surface area contributed by atoms with Crippen LogP contribution < -0.4 is 10.6 Å². The highest BCUT2D eigenvalue weighted by atomic mass is 19.4. The fraction of sp³-hybridized carbons (Fsp3) is 0.409. The lowest BCUT2D eigenvalue weighted by Gasteiger charge is -2.32. The Hall–Kier alpha value is -2.45. The zero-order valence-electron chi connectivity index (χ0n) is 16.8. The molecule has 1 atom stereocenters. The largest absolute Gasteiger partial charge is 0.390 e. The molecule has 162 valence electrons. The van der Waals surface area contributed by atoms with Gasteiger partial charge < -0.3 is 16.0 Å². The summed E-state index contributed by atoms with van der Waals surface area (Å²) in [5, 5.41) is 14.3. The van der Waals surface area contributed by atoms with Gasteiger partial charge in [-0.25, -0.2) is 4.39 Å². The van der Waals surface area contributed by atoms with Gasteiger partial charge in [-0.05, 0) is 67.4 Å². The molecule has 1 unspecified atom stereocenters. The molecule has 30 heavy (non-hydrogen) atoms. The Balaban J connectivity index is 1.89. The lowest BCUT2D eigenvalue weighted by molar-refractivity contribution is -0.139. The summed E-state index contributed by atoms with van der Waals surface area (Å²) in [5.41, 5.74) is 3.85. The Morgan fingerprint density at radius 2 is 1.97 bits per heavy atom. The molecule has 8 heteroatoms. The second-order valence-electron chi connectivity index (χ2n) is 7.55. The van der Waals surface area contributed by atoms with Gasteiger partial charge in [0.15, 0.2) is 0 Å². The molecule has 2 aromatic rings. The molecule has 3 N–H and O–H groups in total. The van der Waals surface area contributed by atoms with Crippen molar-refractivity contribution in [2.24, 2.45) is 0 Å². The summed E-state index contributed by atoms with van der Waals surface area (Å²) in [4.78, 5) is 1.89. The van der Waals surface area contributed by atoms with Crippen molar-refractivity contribution in [2.75, 3.05) is 31.5 Å². The monoisotopic (exact) mass is 422 g/mol. The summed E-state index contributed by atoms with van der Waals surface area (Å²) in [5.74, 6) is -0.334. The van der Waals surface area contributed by atoms with E-state index in [-0.39, 0.29) is 18.4 Å². The van der Waals surface area contributed by atoms with Gasteiger partial charge in [0.25, 0.3) is 0 Å². The van der Waals surface area contributed by atoms with E-state index in [0.29, 0.717) is 30.0 Å². The fourth-order valence-corrected chi connectivity index (χ4v) is 3.79. The number of hydrogen-bond acceptors (Lipinski definition) is 4. The minimum atomic E-state index is -4.19. The van der Waals surface area contributed by atoms with Crippen LogP contribution in [-0.2, 0) is 0 Å². The summed E-state index contributed by atoms with van der Waals surface area (Å²) >= 11 is 0. The maximum Gasteiger partial charge on any atom is 0.390 e. The van der Waals surface area contributed by atoms with Gasteiger partial charge in [-0.2, -0.15) is 13.2 Å².